The van der Waals surface area contributed by atoms with Gasteiger partial charge in [0, 0.05) is 19.6 Å². The first-order chi connectivity index (χ1) is 8.61. The number of hydrogen-bond acceptors (Lipinski definition) is 3. The minimum Gasteiger partial charge on any atom is -0.370 e. The molecule has 3 heteroatoms. The van der Waals surface area contributed by atoms with E-state index in [2.05, 4.69) is 43.1 Å². The minimum atomic E-state index is 0.410. The summed E-state index contributed by atoms with van der Waals surface area (Å²) in [4.78, 5) is 7.13. The van der Waals surface area contributed by atoms with Gasteiger partial charge >= 0.3 is 0 Å². The van der Waals surface area contributed by atoms with Gasteiger partial charge in [-0.2, -0.15) is 0 Å². The number of pyridine rings is 1. The molecule has 0 amide bonds. The van der Waals surface area contributed by atoms with E-state index in [4.69, 9.17) is 4.98 Å². The Morgan fingerprint density at radius 1 is 1.39 bits per heavy atom. The molecule has 1 aliphatic heterocycles. The van der Waals surface area contributed by atoms with Gasteiger partial charge in [-0.15, -0.1) is 0 Å². The van der Waals surface area contributed by atoms with Crippen molar-refractivity contribution in [2.45, 2.75) is 40.0 Å². The molecule has 1 N–H and O–H groups in total. The van der Waals surface area contributed by atoms with E-state index in [9.17, 15) is 0 Å². The van der Waals surface area contributed by atoms with Gasteiger partial charge in [0.2, 0.25) is 0 Å². The van der Waals surface area contributed by atoms with E-state index in [0.717, 1.165) is 37.7 Å². The summed E-state index contributed by atoms with van der Waals surface area (Å²) in [5.41, 5.74) is 0.410. The quantitative estimate of drug-likeness (QED) is 0.882. The monoisotopic (exact) mass is 247 g/mol. The van der Waals surface area contributed by atoms with Crippen LogP contribution in [0.2, 0.25) is 0 Å². The lowest BCUT2D eigenvalue weighted by Gasteiger charge is -2.38. The molecule has 1 aromatic rings. The average molecular weight is 247 g/mol. The topological polar surface area (TPSA) is 28.2 Å². The van der Waals surface area contributed by atoms with Gasteiger partial charge in [0.25, 0.3) is 0 Å². The summed E-state index contributed by atoms with van der Waals surface area (Å²) < 4.78 is 0. The Balaban J connectivity index is 2.07. The fourth-order valence-electron chi connectivity index (χ4n) is 2.57. The third-order valence-electron chi connectivity index (χ3n) is 3.51. The van der Waals surface area contributed by atoms with Gasteiger partial charge in [-0.1, -0.05) is 26.8 Å². The van der Waals surface area contributed by atoms with Crippen LogP contribution in [0.3, 0.4) is 0 Å². The van der Waals surface area contributed by atoms with Crippen LogP contribution in [-0.4, -0.2) is 24.6 Å². The minimum absolute atomic E-state index is 0.410. The normalized spacial score (nSPS) is 18.7. The highest BCUT2D eigenvalue weighted by atomic mass is 15.2. The number of rotatable bonds is 4. The van der Waals surface area contributed by atoms with Gasteiger partial charge in [-0.25, -0.2) is 4.98 Å². The van der Waals surface area contributed by atoms with E-state index in [1.807, 2.05) is 6.07 Å². The second-order valence-corrected chi connectivity index (χ2v) is 6.00. The van der Waals surface area contributed by atoms with Crippen molar-refractivity contribution in [3.63, 3.8) is 0 Å². The molecule has 2 rings (SSSR count). The molecule has 1 saturated heterocycles. The van der Waals surface area contributed by atoms with Crippen LogP contribution in [-0.2, 0) is 0 Å². The first kappa shape index (κ1) is 13.2. The Morgan fingerprint density at radius 2 is 2.22 bits per heavy atom. The van der Waals surface area contributed by atoms with Crippen molar-refractivity contribution >= 4 is 11.6 Å². The maximum absolute atomic E-state index is 4.71. The fraction of sp³-hybridized carbons (Fsp3) is 0.667. The SMILES string of the molecule is CCCNc1cccc(N2CCCC(C)(C)C2)n1. The number of piperidine rings is 1. The number of hydrogen-bond donors (Lipinski definition) is 1. The summed E-state index contributed by atoms with van der Waals surface area (Å²) in [6, 6.07) is 6.27. The van der Waals surface area contributed by atoms with Gasteiger partial charge in [0.05, 0.1) is 0 Å². The van der Waals surface area contributed by atoms with Crippen LogP contribution in [0.25, 0.3) is 0 Å². The van der Waals surface area contributed by atoms with Crippen molar-refractivity contribution in [3.05, 3.63) is 18.2 Å². The zero-order valence-corrected chi connectivity index (χ0v) is 11.9. The predicted molar refractivity (Wildman–Crippen MR) is 78.2 cm³/mol. The van der Waals surface area contributed by atoms with E-state index in [0.29, 0.717) is 5.41 Å². The second-order valence-electron chi connectivity index (χ2n) is 6.00. The van der Waals surface area contributed by atoms with E-state index in [1.165, 1.54) is 12.8 Å². The smallest absolute Gasteiger partial charge is 0.130 e. The Kier molecular flexibility index (Phi) is 4.10. The van der Waals surface area contributed by atoms with E-state index >= 15 is 0 Å². The summed E-state index contributed by atoms with van der Waals surface area (Å²) in [5, 5.41) is 3.36. The number of aromatic nitrogens is 1. The fourth-order valence-corrected chi connectivity index (χ4v) is 2.57. The molecule has 18 heavy (non-hydrogen) atoms. The molecule has 1 aromatic heterocycles. The Labute approximate surface area is 111 Å². The molecule has 0 aromatic carbocycles. The van der Waals surface area contributed by atoms with Gasteiger partial charge in [-0.05, 0) is 36.8 Å². The third kappa shape index (κ3) is 3.37. The molecule has 100 valence electrons. The molecule has 3 nitrogen and oxygen atoms in total. The number of nitrogens with zero attached hydrogens (tertiary/aromatic N) is 2. The Morgan fingerprint density at radius 3 is 2.94 bits per heavy atom. The van der Waals surface area contributed by atoms with Crippen LogP contribution >= 0.6 is 0 Å². The zero-order valence-electron chi connectivity index (χ0n) is 11.9. The van der Waals surface area contributed by atoms with E-state index < -0.39 is 0 Å². The first-order valence-corrected chi connectivity index (χ1v) is 7.07. The molecule has 0 aliphatic carbocycles. The highest BCUT2D eigenvalue weighted by Gasteiger charge is 2.26. The highest BCUT2D eigenvalue weighted by Crippen LogP contribution is 2.31. The number of nitrogens with one attached hydrogen (secondary N) is 1. The second kappa shape index (κ2) is 5.59. The molecule has 0 saturated carbocycles. The van der Waals surface area contributed by atoms with Crippen molar-refractivity contribution in [1.82, 2.24) is 4.98 Å². The van der Waals surface area contributed by atoms with Crippen LogP contribution in [0.4, 0.5) is 11.6 Å². The largest absolute Gasteiger partial charge is 0.370 e. The molecule has 1 aliphatic rings. The Bertz CT molecular complexity index is 387. The molecule has 0 unspecified atom stereocenters. The number of anilines is 2. The molecular weight excluding hydrogens is 222 g/mol. The van der Waals surface area contributed by atoms with Crippen LogP contribution in [0.1, 0.15) is 40.0 Å². The summed E-state index contributed by atoms with van der Waals surface area (Å²) in [6.07, 6.45) is 3.71. The van der Waals surface area contributed by atoms with Crippen LogP contribution < -0.4 is 10.2 Å². The lowest BCUT2D eigenvalue weighted by atomic mass is 9.84. The Hall–Kier alpha value is -1.25. The maximum atomic E-state index is 4.71. The summed E-state index contributed by atoms with van der Waals surface area (Å²) in [7, 11) is 0. The first-order valence-electron chi connectivity index (χ1n) is 7.07. The van der Waals surface area contributed by atoms with Crippen molar-refractivity contribution in [2.24, 2.45) is 5.41 Å². The van der Waals surface area contributed by atoms with Gasteiger partial charge in [0.1, 0.15) is 11.6 Å². The summed E-state index contributed by atoms with van der Waals surface area (Å²) >= 11 is 0. The molecule has 0 radical (unpaired) electrons. The van der Waals surface area contributed by atoms with Crippen molar-refractivity contribution in [2.75, 3.05) is 29.9 Å². The molecule has 0 spiro atoms. The summed E-state index contributed by atoms with van der Waals surface area (Å²) in [5.74, 6) is 2.11. The lowest BCUT2D eigenvalue weighted by molar-refractivity contribution is 0.292. The van der Waals surface area contributed by atoms with Crippen LogP contribution in [0.5, 0.6) is 0 Å². The highest BCUT2D eigenvalue weighted by molar-refractivity contribution is 5.47. The maximum Gasteiger partial charge on any atom is 0.130 e. The predicted octanol–water partition coefficient (Wildman–Crippen LogP) is 3.53. The molecular formula is C15H25N3. The molecule has 2 heterocycles. The molecule has 0 bridgehead atoms. The van der Waals surface area contributed by atoms with Crippen LogP contribution in [0, 0.1) is 5.41 Å². The van der Waals surface area contributed by atoms with Crippen molar-refractivity contribution < 1.29 is 0 Å². The van der Waals surface area contributed by atoms with E-state index in [1.54, 1.807) is 0 Å². The molecule has 1 fully saturated rings. The van der Waals surface area contributed by atoms with Gasteiger partial charge in [-0.3, -0.25) is 0 Å². The lowest BCUT2D eigenvalue weighted by Crippen LogP contribution is -2.40. The summed E-state index contributed by atoms with van der Waals surface area (Å²) in [6.45, 7) is 10.1. The average Bonchev–Trinajstić information content (AvgIpc) is 2.35. The van der Waals surface area contributed by atoms with Crippen molar-refractivity contribution in [1.29, 1.82) is 0 Å². The van der Waals surface area contributed by atoms with Gasteiger partial charge in [0.15, 0.2) is 0 Å². The standard InChI is InChI=1S/C15H25N3/c1-4-10-16-13-7-5-8-14(17-13)18-11-6-9-15(2,3)12-18/h5,7-8H,4,6,9-12H2,1-3H3,(H,16,17). The third-order valence-corrected chi connectivity index (χ3v) is 3.51. The zero-order chi connectivity index (χ0) is 13.0. The van der Waals surface area contributed by atoms with Crippen molar-refractivity contribution in [3.8, 4) is 0 Å². The van der Waals surface area contributed by atoms with Crippen LogP contribution in [0.15, 0.2) is 18.2 Å². The van der Waals surface area contributed by atoms with Gasteiger partial charge < -0.3 is 10.2 Å². The van der Waals surface area contributed by atoms with E-state index in [-0.39, 0.29) is 0 Å². The molecule has 0 atom stereocenters.